The van der Waals surface area contributed by atoms with Gasteiger partial charge in [0.1, 0.15) is 0 Å². The molecule has 0 aliphatic carbocycles. The minimum Gasteiger partial charge on any atom is -0.245 e. The van der Waals surface area contributed by atoms with Crippen molar-refractivity contribution in [3.8, 4) is 0 Å². The van der Waals surface area contributed by atoms with Crippen molar-refractivity contribution in [2.75, 3.05) is 0 Å². The minimum absolute atomic E-state index is 0.253. The summed E-state index contributed by atoms with van der Waals surface area (Å²) < 4.78 is 39.9. The van der Waals surface area contributed by atoms with Crippen molar-refractivity contribution in [1.29, 1.82) is 0 Å². The molecule has 0 aliphatic heterocycles. The molecule has 0 bridgehead atoms. The third-order valence-corrected chi connectivity index (χ3v) is 17.5. The fourth-order valence-corrected chi connectivity index (χ4v) is 12.6. The Labute approximate surface area is 462 Å². The molecule has 2 atom stereocenters. The summed E-state index contributed by atoms with van der Waals surface area (Å²) in [6, 6.07) is 0. The van der Waals surface area contributed by atoms with Gasteiger partial charge in [-0.1, -0.05) is 400 Å². The van der Waals surface area contributed by atoms with Gasteiger partial charge < -0.3 is 0 Å². The van der Waals surface area contributed by atoms with Crippen molar-refractivity contribution < 1.29 is 16.8 Å². The van der Waals surface area contributed by atoms with Gasteiger partial charge >= 0.3 is 10.4 Å². The first-order chi connectivity index (χ1) is 36.0. The van der Waals surface area contributed by atoms with E-state index in [1.165, 1.54) is 347 Å². The topological polar surface area (TPSA) is 52.6 Å². The zero-order chi connectivity index (χ0) is 52.9. The summed E-state index contributed by atoms with van der Waals surface area (Å²) in [6.07, 6.45) is 80.6. The van der Waals surface area contributed by atoms with E-state index >= 15 is 0 Å². The van der Waals surface area contributed by atoms with Crippen molar-refractivity contribution in [3.63, 3.8) is 0 Å². The number of rotatable bonds is 66. The molecular weight excluding hydrogens is 913 g/mol. The monoisotopic (exact) mass is 1050 g/mol. The molecule has 0 aromatic heterocycles. The summed E-state index contributed by atoms with van der Waals surface area (Å²) in [5.74, 6) is 0. The lowest BCUT2D eigenvalue weighted by molar-refractivity contribution is 0.101. The fraction of sp³-hybridized carbons (Fsp3) is 1.00. The second-order valence-electron chi connectivity index (χ2n) is 24.1. The summed E-state index contributed by atoms with van der Waals surface area (Å²) in [5, 5.41) is 0. The van der Waals surface area contributed by atoms with E-state index < -0.39 is 10.4 Å². The Morgan fingerprint density at radius 2 is 0.301 bits per heavy atom. The quantitative estimate of drug-likeness (QED) is 0.0570. The third-order valence-electron chi connectivity index (χ3n) is 16.5. The highest BCUT2D eigenvalue weighted by Crippen LogP contribution is 2.25. The molecule has 0 saturated carbocycles. The van der Waals surface area contributed by atoms with E-state index in [0.717, 1.165) is 51.4 Å². The van der Waals surface area contributed by atoms with Crippen LogP contribution < -0.4 is 0 Å². The molecule has 5 heteroatoms. The molecule has 0 amide bonds. The van der Waals surface area contributed by atoms with Crippen molar-refractivity contribution in [2.45, 2.75) is 438 Å². The van der Waals surface area contributed by atoms with Gasteiger partial charge in [-0.05, 0) is 25.7 Å². The second-order valence-corrected chi connectivity index (χ2v) is 25.3. The SMILES string of the molecule is CCCCCCCCCCCCCCCCCC(CCCCCCCCCCCCCCCC)OS(=O)(=O)OC(CCCCCCCCCCCCCCCC)CCCCCCCCCCCCCCCCC. The van der Waals surface area contributed by atoms with Crippen LogP contribution in [-0.4, -0.2) is 20.6 Å². The van der Waals surface area contributed by atoms with Gasteiger partial charge in [0.15, 0.2) is 0 Å². The van der Waals surface area contributed by atoms with Crippen LogP contribution >= 0.6 is 0 Å². The van der Waals surface area contributed by atoms with Crippen LogP contribution in [0.3, 0.4) is 0 Å². The lowest BCUT2D eigenvalue weighted by Crippen LogP contribution is -2.25. The third kappa shape index (κ3) is 61.0. The number of hydrogen-bond acceptors (Lipinski definition) is 4. The van der Waals surface area contributed by atoms with E-state index in [4.69, 9.17) is 8.37 Å². The van der Waals surface area contributed by atoms with Gasteiger partial charge in [-0.3, -0.25) is 0 Å². The van der Waals surface area contributed by atoms with Crippen molar-refractivity contribution in [1.82, 2.24) is 0 Å². The second kappa shape index (κ2) is 62.7. The summed E-state index contributed by atoms with van der Waals surface area (Å²) in [6.45, 7) is 9.20. The molecule has 440 valence electrons. The van der Waals surface area contributed by atoms with Crippen molar-refractivity contribution in [2.24, 2.45) is 0 Å². The predicted octanol–water partition coefficient (Wildman–Crippen LogP) is 25.3. The van der Waals surface area contributed by atoms with Crippen molar-refractivity contribution in [3.05, 3.63) is 0 Å². The average Bonchev–Trinajstić information content (AvgIpc) is 3.38. The standard InChI is InChI=1S/C68H138O4S/c1-5-9-13-17-21-25-29-33-37-41-45-49-53-57-61-65-67(63-59-55-51-47-43-39-35-31-27-23-19-15-11-7-3)71-73(69,70)72-68(64-60-56-52-48-44-40-36-32-28-24-20-16-12-8-4)66-62-58-54-50-46-42-38-34-30-26-22-18-14-10-6-2/h67-68H,5-66H2,1-4H3. The molecule has 0 aliphatic rings. The Kier molecular flexibility index (Phi) is 62.6. The number of unbranched alkanes of at least 4 members (excludes halogenated alkanes) is 54. The zero-order valence-electron chi connectivity index (χ0n) is 51.0. The van der Waals surface area contributed by atoms with Gasteiger partial charge in [-0.2, -0.15) is 8.42 Å². The van der Waals surface area contributed by atoms with Crippen LogP contribution in [0.2, 0.25) is 0 Å². The maximum absolute atomic E-state index is 13.8. The normalized spacial score (nSPS) is 12.9. The predicted molar refractivity (Wildman–Crippen MR) is 328 cm³/mol. The van der Waals surface area contributed by atoms with Crippen LogP contribution in [-0.2, 0) is 18.8 Å². The highest BCUT2D eigenvalue weighted by Gasteiger charge is 2.25. The molecule has 0 heterocycles. The molecule has 4 nitrogen and oxygen atoms in total. The first-order valence-corrected chi connectivity index (χ1v) is 35.9. The molecule has 0 N–H and O–H groups in total. The smallest absolute Gasteiger partial charge is 0.245 e. The Balaban J connectivity index is 5.01. The summed E-state index contributed by atoms with van der Waals surface area (Å²) >= 11 is 0. The van der Waals surface area contributed by atoms with E-state index in [1.807, 2.05) is 0 Å². The average molecular weight is 1050 g/mol. The van der Waals surface area contributed by atoms with E-state index in [2.05, 4.69) is 27.7 Å². The summed E-state index contributed by atoms with van der Waals surface area (Å²) in [4.78, 5) is 0. The molecule has 0 spiro atoms. The largest absolute Gasteiger partial charge is 0.400 e. The zero-order valence-corrected chi connectivity index (χ0v) is 51.9. The molecule has 0 aromatic carbocycles. The van der Waals surface area contributed by atoms with Crippen LogP contribution in [0.1, 0.15) is 426 Å². The Bertz CT molecular complexity index is 1020. The Morgan fingerprint density at radius 1 is 0.192 bits per heavy atom. The summed E-state index contributed by atoms with van der Waals surface area (Å²) in [5.41, 5.74) is 0. The fourth-order valence-electron chi connectivity index (χ4n) is 11.5. The molecule has 0 aromatic rings. The first-order valence-electron chi connectivity index (χ1n) is 34.6. The van der Waals surface area contributed by atoms with Gasteiger partial charge in [-0.15, -0.1) is 0 Å². The van der Waals surface area contributed by atoms with Crippen LogP contribution in [0.15, 0.2) is 0 Å². The molecule has 0 radical (unpaired) electrons. The van der Waals surface area contributed by atoms with Crippen molar-refractivity contribution >= 4 is 10.4 Å². The van der Waals surface area contributed by atoms with Crippen LogP contribution in [0.5, 0.6) is 0 Å². The Hall–Kier alpha value is -0.130. The maximum atomic E-state index is 13.8. The highest BCUT2D eigenvalue weighted by atomic mass is 32.3. The molecule has 0 rings (SSSR count). The van der Waals surface area contributed by atoms with E-state index in [-0.39, 0.29) is 12.2 Å². The molecular formula is C68H138O4S. The van der Waals surface area contributed by atoms with E-state index in [1.54, 1.807) is 0 Å². The Morgan fingerprint density at radius 3 is 0.425 bits per heavy atom. The lowest BCUT2D eigenvalue weighted by atomic mass is 10.0. The van der Waals surface area contributed by atoms with Crippen LogP contribution in [0.4, 0.5) is 0 Å². The minimum atomic E-state index is -4.06. The van der Waals surface area contributed by atoms with Gasteiger partial charge in [-0.25, -0.2) is 8.37 Å². The van der Waals surface area contributed by atoms with Crippen LogP contribution in [0, 0.1) is 0 Å². The highest BCUT2D eigenvalue weighted by molar-refractivity contribution is 7.81. The number of hydrogen-bond donors (Lipinski definition) is 0. The van der Waals surface area contributed by atoms with E-state index in [9.17, 15) is 8.42 Å². The summed E-state index contributed by atoms with van der Waals surface area (Å²) in [7, 11) is -4.06. The molecule has 0 saturated heterocycles. The van der Waals surface area contributed by atoms with Gasteiger partial charge in [0, 0.05) is 0 Å². The maximum Gasteiger partial charge on any atom is 0.400 e. The molecule has 73 heavy (non-hydrogen) atoms. The lowest BCUT2D eigenvalue weighted by Gasteiger charge is -2.21. The molecule has 0 fully saturated rings. The van der Waals surface area contributed by atoms with E-state index in [0.29, 0.717) is 0 Å². The van der Waals surface area contributed by atoms with Gasteiger partial charge in [0.2, 0.25) is 0 Å². The van der Waals surface area contributed by atoms with Gasteiger partial charge in [0.25, 0.3) is 0 Å². The van der Waals surface area contributed by atoms with Gasteiger partial charge in [0.05, 0.1) is 12.2 Å². The molecule has 2 unspecified atom stereocenters. The van der Waals surface area contributed by atoms with Crippen LogP contribution in [0.25, 0.3) is 0 Å². The first kappa shape index (κ1) is 72.9.